The Morgan fingerprint density at radius 1 is 1.35 bits per heavy atom. The van der Waals surface area contributed by atoms with E-state index in [1.807, 2.05) is 6.07 Å². The summed E-state index contributed by atoms with van der Waals surface area (Å²) < 4.78 is 33.6. The molecule has 162 valence electrons. The van der Waals surface area contributed by atoms with Gasteiger partial charge in [0.25, 0.3) is 0 Å². The van der Waals surface area contributed by atoms with Crippen LogP contribution in [0.3, 0.4) is 0 Å². The molecular formula is C21H22F2N6O2. The van der Waals surface area contributed by atoms with E-state index in [1.54, 1.807) is 25.4 Å². The van der Waals surface area contributed by atoms with E-state index in [0.29, 0.717) is 34.4 Å². The summed E-state index contributed by atoms with van der Waals surface area (Å²) in [4.78, 5) is 21.6. The summed E-state index contributed by atoms with van der Waals surface area (Å²) in [5.74, 6) is -1.59. The highest BCUT2D eigenvalue weighted by Gasteiger charge is 2.45. The second-order valence-electron chi connectivity index (χ2n) is 8.13. The summed E-state index contributed by atoms with van der Waals surface area (Å²) in [6.45, 7) is 0. The standard InChI is InChI=1S/C21H22F2N6O2/c1-24-18-8-17(27-15-3-2-6-25-20(15)31-13-4-5-13)28-19-14(11-26-29(18)19)16(30)7-12-9-21(22,23)10-12/h2-3,6,8,11-13,24H,4-5,7,9-10H2,1H3,(H,27,28). The number of anilines is 3. The van der Waals surface area contributed by atoms with Gasteiger partial charge in [-0.2, -0.15) is 9.61 Å². The minimum Gasteiger partial charge on any atom is -0.473 e. The molecule has 0 amide bonds. The molecule has 0 atom stereocenters. The lowest BCUT2D eigenvalue weighted by Crippen LogP contribution is -2.36. The first kappa shape index (κ1) is 19.7. The molecule has 2 aliphatic rings. The lowest BCUT2D eigenvalue weighted by Gasteiger charge is -2.34. The average molecular weight is 428 g/mol. The molecule has 10 heteroatoms. The van der Waals surface area contributed by atoms with Crippen LogP contribution in [0.1, 0.15) is 42.5 Å². The van der Waals surface area contributed by atoms with E-state index >= 15 is 0 Å². The van der Waals surface area contributed by atoms with Gasteiger partial charge < -0.3 is 15.4 Å². The number of ether oxygens (including phenoxy) is 1. The number of hydrogen-bond donors (Lipinski definition) is 2. The summed E-state index contributed by atoms with van der Waals surface area (Å²) in [6, 6.07) is 5.39. The monoisotopic (exact) mass is 428 g/mol. The molecule has 0 bridgehead atoms. The smallest absolute Gasteiger partial charge is 0.248 e. The highest BCUT2D eigenvalue weighted by atomic mass is 19.3. The maximum absolute atomic E-state index is 13.1. The number of hydrogen-bond acceptors (Lipinski definition) is 7. The summed E-state index contributed by atoms with van der Waals surface area (Å²) in [7, 11) is 1.74. The molecule has 2 saturated carbocycles. The molecule has 3 aromatic heterocycles. The van der Waals surface area contributed by atoms with Crippen LogP contribution in [0.25, 0.3) is 5.65 Å². The molecule has 0 aliphatic heterocycles. The molecule has 0 aromatic carbocycles. The van der Waals surface area contributed by atoms with Crippen molar-refractivity contribution in [1.29, 1.82) is 0 Å². The zero-order valence-corrected chi connectivity index (χ0v) is 16.9. The SMILES string of the molecule is CNc1cc(Nc2cccnc2OC2CC2)nc2c(C(=O)CC3CC(F)(F)C3)cnn12. The Hall–Kier alpha value is -3.30. The number of carbonyl (C=O) groups is 1. The zero-order chi connectivity index (χ0) is 21.6. The minimum atomic E-state index is -2.65. The third-order valence-corrected chi connectivity index (χ3v) is 5.51. The minimum absolute atomic E-state index is 0.0626. The molecule has 0 spiro atoms. The number of fused-ring (bicyclic) bond motifs is 1. The summed E-state index contributed by atoms with van der Waals surface area (Å²) in [5, 5.41) is 10.5. The second-order valence-corrected chi connectivity index (χ2v) is 8.13. The first-order chi connectivity index (χ1) is 14.9. The maximum Gasteiger partial charge on any atom is 0.248 e. The van der Waals surface area contributed by atoms with E-state index < -0.39 is 5.92 Å². The predicted molar refractivity (Wildman–Crippen MR) is 110 cm³/mol. The molecule has 2 aliphatic carbocycles. The van der Waals surface area contributed by atoms with E-state index in [9.17, 15) is 13.6 Å². The Morgan fingerprint density at radius 3 is 2.87 bits per heavy atom. The Kier molecular flexibility index (Phi) is 4.71. The number of aromatic nitrogens is 4. The highest BCUT2D eigenvalue weighted by Crippen LogP contribution is 2.44. The molecule has 8 nitrogen and oxygen atoms in total. The molecule has 31 heavy (non-hydrogen) atoms. The van der Waals surface area contributed by atoms with Crippen molar-refractivity contribution in [3.05, 3.63) is 36.2 Å². The first-order valence-corrected chi connectivity index (χ1v) is 10.3. The molecule has 0 saturated heterocycles. The van der Waals surface area contributed by atoms with Gasteiger partial charge in [-0.05, 0) is 30.9 Å². The van der Waals surface area contributed by atoms with Crippen LogP contribution in [0.5, 0.6) is 5.88 Å². The Bertz CT molecular complexity index is 1140. The fourth-order valence-corrected chi connectivity index (χ4v) is 3.76. The molecule has 3 aromatic rings. The second kappa shape index (κ2) is 7.44. The van der Waals surface area contributed by atoms with Crippen molar-refractivity contribution in [2.75, 3.05) is 17.7 Å². The molecule has 3 heterocycles. The van der Waals surface area contributed by atoms with Crippen molar-refractivity contribution >= 4 is 28.8 Å². The van der Waals surface area contributed by atoms with Crippen LogP contribution in [-0.2, 0) is 0 Å². The molecule has 2 fully saturated rings. The van der Waals surface area contributed by atoms with Crippen molar-refractivity contribution < 1.29 is 18.3 Å². The number of pyridine rings is 1. The largest absolute Gasteiger partial charge is 0.473 e. The van der Waals surface area contributed by atoms with Crippen molar-refractivity contribution in [2.45, 2.75) is 44.1 Å². The third kappa shape index (κ3) is 4.01. The van der Waals surface area contributed by atoms with Gasteiger partial charge >= 0.3 is 0 Å². The Balaban J connectivity index is 1.43. The van der Waals surface area contributed by atoms with E-state index in [2.05, 4.69) is 25.7 Å². The van der Waals surface area contributed by atoms with E-state index in [4.69, 9.17) is 4.74 Å². The Labute approximate surface area is 177 Å². The fourth-order valence-electron chi connectivity index (χ4n) is 3.76. The fraction of sp³-hybridized carbons (Fsp3) is 0.429. The van der Waals surface area contributed by atoms with Crippen molar-refractivity contribution in [1.82, 2.24) is 19.6 Å². The van der Waals surface area contributed by atoms with Gasteiger partial charge in [-0.15, -0.1) is 0 Å². The molecule has 2 N–H and O–H groups in total. The summed E-state index contributed by atoms with van der Waals surface area (Å²) in [6.07, 6.45) is 4.89. The normalized spacial score (nSPS) is 17.9. The van der Waals surface area contributed by atoms with Gasteiger partial charge in [-0.3, -0.25) is 4.79 Å². The van der Waals surface area contributed by atoms with Crippen LogP contribution in [0.2, 0.25) is 0 Å². The average Bonchev–Trinajstić information content (AvgIpc) is 3.43. The summed E-state index contributed by atoms with van der Waals surface area (Å²) in [5.41, 5.74) is 1.34. The zero-order valence-electron chi connectivity index (χ0n) is 16.9. The number of nitrogens with zero attached hydrogens (tertiary/aromatic N) is 4. The number of nitrogens with one attached hydrogen (secondary N) is 2. The maximum atomic E-state index is 13.1. The van der Waals surface area contributed by atoms with Crippen LogP contribution in [-0.4, -0.2) is 44.4 Å². The topological polar surface area (TPSA) is 93.4 Å². The first-order valence-electron chi connectivity index (χ1n) is 10.3. The number of carbonyl (C=O) groups excluding carboxylic acids is 1. The Morgan fingerprint density at radius 2 is 2.16 bits per heavy atom. The predicted octanol–water partition coefficient (Wildman–Crippen LogP) is 4.07. The van der Waals surface area contributed by atoms with Gasteiger partial charge in [-0.1, -0.05) is 0 Å². The van der Waals surface area contributed by atoms with Gasteiger partial charge in [0.1, 0.15) is 23.4 Å². The van der Waals surface area contributed by atoms with Gasteiger partial charge in [0.2, 0.25) is 11.8 Å². The van der Waals surface area contributed by atoms with Crippen LogP contribution >= 0.6 is 0 Å². The van der Waals surface area contributed by atoms with Crippen molar-refractivity contribution in [3.8, 4) is 5.88 Å². The lowest BCUT2D eigenvalue weighted by atomic mass is 9.78. The van der Waals surface area contributed by atoms with E-state index in [1.165, 1.54) is 10.7 Å². The van der Waals surface area contributed by atoms with Gasteiger partial charge in [-0.25, -0.2) is 18.7 Å². The quantitative estimate of drug-likeness (QED) is 0.523. The molecule has 5 rings (SSSR count). The van der Waals surface area contributed by atoms with Crippen LogP contribution in [0, 0.1) is 5.92 Å². The van der Waals surface area contributed by atoms with Gasteiger partial charge in [0.15, 0.2) is 11.4 Å². The van der Waals surface area contributed by atoms with Crippen LogP contribution in [0.15, 0.2) is 30.6 Å². The molecule has 0 unspecified atom stereocenters. The van der Waals surface area contributed by atoms with Crippen LogP contribution < -0.4 is 15.4 Å². The van der Waals surface area contributed by atoms with Gasteiger partial charge in [0.05, 0.1) is 11.8 Å². The van der Waals surface area contributed by atoms with Crippen LogP contribution in [0.4, 0.5) is 26.1 Å². The highest BCUT2D eigenvalue weighted by molar-refractivity contribution is 6.01. The number of rotatable bonds is 8. The number of ketones is 1. The number of halogens is 2. The van der Waals surface area contributed by atoms with Crippen molar-refractivity contribution in [3.63, 3.8) is 0 Å². The van der Waals surface area contributed by atoms with E-state index in [-0.39, 0.29) is 37.1 Å². The number of alkyl halides is 2. The number of Topliss-reactive ketones (excluding diaryl/α,β-unsaturated/α-hetero) is 1. The molecule has 0 radical (unpaired) electrons. The van der Waals surface area contributed by atoms with E-state index in [0.717, 1.165) is 12.8 Å². The van der Waals surface area contributed by atoms with Gasteiger partial charge in [0, 0.05) is 38.6 Å². The lowest BCUT2D eigenvalue weighted by molar-refractivity contribution is -0.109. The molecular weight excluding hydrogens is 406 g/mol. The summed E-state index contributed by atoms with van der Waals surface area (Å²) >= 11 is 0. The van der Waals surface area contributed by atoms with Crippen molar-refractivity contribution in [2.24, 2.45) is 5.92 Å². The third-order valence-electron chi connectivity index (χ3n) is 5.51.